The molecular weight excluding hydrogens is 232 g/mol. The van der Waals surface area contributed by atoms with Gasteiger partial charge in [-0.1, -0.05) is 19.8 Å². The molecule has 1 aliphatic rings. The zero-order chi connectivity index (χ0) is 13.0. The summed E-state index contributed by atoms with van der Waals surface area (Å²) in [6.45, 7) is 3.16. The second-order valence-electron chi connectivity index (χ2n) is 5.00. The summed E-state index contributed by atoms with van der Waals surface area (Å²) < 4.78 is 10.0. The van der Waals surface area contributed by atoms with Gasteiger partial charge in [-0.3, -0.25) is 0 Å². The minimum Gasteiger partial charge on any atom is -0.467 e. The summed E-state index contributed by atoms with van der Waals surface area (Å²) >= 11 is 0. The van der Waals surface area contributed by atoms with Gasteiger partial charge in [0.2, 0.25) is 5.95 Å². The Morgan fingerprint density at radius 3 is 2.11 bits per heavy atom. The Hall–Kier alpha value is -1.59. The molecule has 1 saturated carbocycles. The standard InChI is InChI=1S/C12H20N4O2/c1-12(6-4-5-7-12)8-13-9-14-10(17-2)16-11(15-9)18-3/h4-8H2,1-3H3,(H,13,14,15,16). The van der Waals surface area contributed by atoms with E-state index in [4.69, 9.17) is 9.47 Å². The van der Waals surface area contributed by atoms with Crippen molar-refractivity contribution in [3.05, 3.63) is 0 Å². The monoisotopic (exact) mass is 252 g/mol. The minimum absolute atomic E-state index is 0.265. The Balaban J connectivity index is 2.04. The lowest BCUT2D eigenvalue weighted by Gasteiger charge is -2.23. The summed E-state index contributed by atoms with van der Waals surface area (Å²) in [5.41, 5.74) is 0.340. The Morgan fingerprint density at radius 2 is 1.61 bits per heavy atom. The van der Waals surface area contributed by atoms with E-state index >= 15 is 0 Å². The van der Waals surface area contributed by atoms with Gasteiger partial charge in [0.25, 0.3) is 0 Å². The van der Waals surface area contributed by atoms with E-state index in [0.717, 1.165) is 6.54 Å². The lowest BCUT2D eigenvalue weighted by atomic mass is 9.89. The Bertz CT molecular complexity index is 383. The molecule has 1 heterocycles. The van der Waals surface area contributed by atoms with Crippen molar-refractivity contribution in [3.8, 4) is 12.0 Å². The topological polar surface area (TPSA) is 69.2 Å². The van der Waals surface area contributed by atoms with Gasteiger partial charge >= 0.3 is 12.0 Å². The van der Waals surface area contributed by atoms with E-state index < -0.39 is 0 Å². The van der Waals surface area contributed by atoms with Crippen molar-refractivity contribution in [2.75, 3.05) is 26.1 Å². The van der Waals surface area contributed by atoms with Crippen LogP contribution >= 0.6 is 0 Å². The van der Waals surface area contributed by atoms with Gasteiger partial charge in [-0.2, -0.15) is 9.97 Å². The quantitative estimate of drug-likeness (QED) is 0.863. The summed E-state index contributed by atoms with van der Waals surface area (Å²) in [7, 11) is 3.05. The highest BCUT2D eigenvalue weighted by Crippen LogP contribution is 2.37. The molecule has 1 aromatic heterocycles. The third kappa shape index (κ3) is 3.00. The van der Waals surface area contributed by atoms with Crippen molar-refractivity contribution in [2.45, 2.75) is 32.6 Å². The van der Waals surface area contributed by atoms with Crippen LogP contribution in [0.3, 0.4) is 0 Å². The SMILES string of the molecule is COc1nc(NCC2(C)CCCC2)nc(OC)n1. The molecule has 1 fully saturated rings. The average Bonchev–Trinajstić information content (AvgIpc) is 2.83. The number of aromatic nitrogens is 3. The predicted molar refractivity (Wildman–Crippen MR) is 68.0 cm³/mol. The van der Waals surface area contributed by atoms with Gasteiger partial charge in [-0.05, 0) is 18.3 Å². The molecule has 0 amide bonds. The summed E-state index contributed by atoms with van der Waals surface area (Å²) in [4.78, 5) is 12.3. The normalized spacial score (nSPS) is 17.5. The van der Waals surface area contributed by atoms with Gasteiger partial charge in [-0.25, -0.2) is 0 Å². The van der Waals surface area contributed by atoms with Crippen LogP contribution in [0.1, 0.15) is 32.6 Å². The van der Waals surface area contributed by atoms with E-state index in [1.807, 2.05) is 0 Å². The molecule has 0 unspecified atom stereocenters. The van der Waals surface area contributed by atoms with Crippen molar-refractivity contribution in [1.82, 2.24) is 15.0 Å². The maximum atomic E-state index is 5.01. The number of ether oxygens (including phenoxy) is 2. The molecule has 0 atom stereocenters. The van der Waals surface area contributed by atoms with E-state index in [0.29, 0.717) is 11.4 Å². The van der Waals surface area contributed by atoms with Crippen molar-refractivity contribution in [3.63, 3.8) is 0 Å². The second-order valence-corrected chi connectivity index (χ2v) is 5.00. The molecule has 0 bridgehead atoms. The first-order valence-corrected chi connectivity index (χ1v) is 6.23. The van der Waals surface area contributed by atoms with Crippen LogP contribution in [0.2, 0.25) is 0 Å². The molecule has 0 aromatic carbocycles. The molecule has 1 N–H and O–H groups in total. The summed E-state index contributed by atoms with van der Waals surface area (Å²) in [6.07, 6.45) is 5.11. The molecule has 0 saturated heterocycles. The number of nitrogens with one attached hydrogen (secondary N) is 1. The van der Waals surface area contributed by atoms with Crippen molar-refractivity contribution in [2.24, 2.45) is 5.41 Å². The van der Waals surface area contributed by atoms with Gasteiger partial charge in [0.15, 0.2) is 0 Å². The number of nitrogens with zero attached hydrogens (tertiary/aromatic N) is 3. The van der Waals surface area contributed by atoms with Crippen LogP contribution in [-0.2, 0) is 0 Å². The molecule has 0 radical (unpaired) electrons. The third-order valence-electron chi connectivity index (χ3n) is 3.44. The zero-order valence-corrected chi connectivity index (χ0v) is 11.2. The number of anilines is 1. The maximum Gasteiger partial charge on any atom is 0.324 e. The predicted octanol–water partition coefficient (Wildman–Crippen LogP) is 1.88. The van der Waals surface area contributed by atoms with E-state index in [-0.39, 0.29) is 12.0 Å². The largest absolute Gasteiger partial charge is 0.467 e. The van der Waals surface area contributed by atoms with Crippen LogP contribution < -0.4 is 14.8 Å². The highest BCUT2D eigenvalue weighted by Gasteiger charge is 2.28. The van der Waals surface area contributed by atoms with E-state index in [2.05, 4.69) is 27.2 Å². The van der Waals surface area contributed by atoms with Crippen LogP contribution in [0.15, 0.2) is 0 Å². The van der Waals surface area contributed by atoms with Gasteiger partial charge in [-0.15, -0.1) is 4.98 Å². The molecule has 6 heteroatoms. The molecule has 1 aliphatic carbocycles. The maximum absolute atomic E-state index is 5.01. The van der Waals surface area contributed by atoms with Gasteiger partial charge in [0.1, 0.15) is 0 Å². The molecule has 18 heavy (non-hydrogen) atoms. The van der Waals surface area contributed by atoms with Crippen LogP contribution in [-0.4, -0.2) is 35.7 Å². The number of rotatable bonds is 5. The molecule has 0 spiro atoms. The molecule has 1 aromatic rings. The number of hydrogen-bond acceptors (Lipinski definition) is 6. The summed E-state index contributed by atoms with van der Waals surface area (Å²) in [5, 5.41) is 3.25. The minimum atomic E-state index is 0.265. The average molecular weight is 252 g/mol. The first kappa shape index (κ1) is 12.9. The smallest absolute Gasteiger partial charge is 0.324 e. The van der Waals surface area contributed by atoms with Crippen molar-refractivity contribution < 1.29 is 9.47 Å². The lowest BCUT2D eigenvalue weighted by Crippen LogP contribution is -2.24. The van der Waals surface area contributed by atoms with E-state index in [9.17, 15) is 0 Å². The fraction of sp³-hybridized carbons (Fsp3) is 0.750. The van der Waals surface area contributed by atoms with Gasteiger partial charge in [0, 0.05) is 6.54 Å². The summed E-state index contributed by atoms with van der Waals surface area (Å²) in [5.74, 6) is 0.506. The first-order chi connectivity index (χ1) is 8.65. The van der Waals surface area contributed by atoms with E-state index in [1.54, 1.807) is 0 Å². The van der Waals surface area contributed by atoms with Gasteiger partial charge < -0.3 is 14.8 Å². The Labute approximate surface area is 107 Å². The summed E-state index contributed by atoms with van der Waals surface area (Å²) in [6, 6.07) is 0.529. The molecule has 6 nitrogen and oxygen atoms in total. The van der Waals surface area contributed by atoms with E-state index in [1.165, 1.54) is 39.9 Å². The van der Waals surface area contributed by atoms with Crippen molar-refractivity contribution >= 4 is 5.95 Å². The van der Waals surface area contributed by atoms with Crippen LogP contribution in [0.5, 0.6) is 12.0 Å². The lowest BCUT2D eigenvalue weighted by molar-refractivity contribution is 0.338. The molecule has 0 aliphatic heterocycles. The number of methoxy groups -OCH3 is 2. The Morgan fingerprint density at radius 1 is 1.06 bits per heavy atom. The van der Waals surface area contributed by atoms with Gasteiger partial charge in [0.05, 0.1) is 14.2 Å². The third-order valence-corrected chi connectivity index (χ3v) is 3.44. The van der Waals surface area contributed by atoms with Crippen LogP contribution in [0.25, 0.3) is 0 Å². The molecular formula is C12H20N4O2. The fourth-order valence-corrected chi connectivity index (χ4v) is 2.30. The highest BCUT2D eigenvalue weighted by molar-refractivity contribution is 5.28. The van der Waals surface area contributed by atoms with Crippen molar-refractivity contribution in [1.29, 1.82) is 0 Å². The highest BCUT2D eigenvalue weighted by atomic mass is 16.5. The van der Waals surface area contributed by atoms with Crippen LogP contribution in [0, 0.1) is 5.41 Å². The molecule has 100 valence electrons. The zero-order valence-electron chi connectivity index (χ0n) is 11.2. The number of hydrogen-bond donors (Lipinski definition) is 1. The van der Waals surface area contributed by atoms with Crippen LogP contribution in [0.4, 0.5) is 5.95 Å². The second kappa shape index (κ2) is 5.37. The first-order valence-electron chi connectivity index (χ1n) is 6.23. The Kier molecular flexibility index (Phi) is 3.84. The fourth-order valence-electron chi connectivity index (χ4n) is 2.30. The molecule has 2 rings (SSSR count).